The molecule has 1 aromatic heterocycles. The molecule has 98 valence electrons. The van der Waals surface area contributed by atoms with Crippen LogP contribution in [0.15, 0.2) is 18.3 Å². The molecule has 1 aliphatic heterocycles. The zero-order chi connectivity index (χ0) is 13.6. The quantitative estimate of drug-likeness (QED) is 0.708. The molecular formula is C14H20N2O2. The van der Waals surface area contributed by atoms with E-state index in [0.717, 1.165) is 11.4 Å². The van der Waals surface area contributed by atoms with Crippen LogP contribution in [0.4, 0.5) is 10.5 Å². The zero-order valence-electron chi connectivity index (χ0n) is 11.7. The van der Waals surface area contributed by atoms with Crippen molar-refractivity contribution in [3.8, 4) is 0 Å². The molecule has 1 aromatic rings. The minimum absolute atomic E-state index is 0.131. The summed E-state index contributed by atoms with van der Waals surface area (Å²) in [6.07, 6.45) is 1.46. The van der Waals surface area contributed by atoms with Crippen LogP contribution in [0, 0.1) is 0 Å². The monoisotopic (exact) mass is 248 g/mol. The largest absolute Gasteiger partial charge is 0.443 e. The minimum atomic E-state index is -0.480. The molecule has 0 saturated carbocycles. The first-order valence-corrected chi connectivity index (χ1v) is 6.17. The Morgan fingerprint density at radius 2 is 2.11 bits per heavy atom. The second-order valence-electron chi connectivity index (χ2n) is 6.32. The van der Waals surface area contributed by atoms with E-state index in [2.05, 4.69) is 18.8 Å². The van der Waals surface area contributed by atoms with Gasteiger partial charge in [-0.3, -0.25) is 9.88 Å². The summed E-state index contributed by atoms with van der Waals surface area (Å²) in [5.41, 5.74) is 1.20. The van der Waals surface area contributed by atoms with Gasteiger partial charge in [0, 0.05) is 18.2 Å². The normalized spacial score (nSPS) is 17.5. The Labute approximate surface area is 108 Å². The van der Waals surface area contributed by atoms with Crippen molar-refractivity contribution in [2.45, 2.75) is 45.6 Å². The lowest BCUT2D eigenvalue weighted by Crippen LogP contribution is -2.38. The van der Waals surface area contributed by atoms with Crippen LogP contribution >= 0.6 is 0 Å². The van der Waals surface area contributed by atoms with Crippen LogP contribution in [0.2, 0.25) is 0 Å². The highest BCUT2D eigenvalue weighted by atomic mass is 16.6. The molecule has 1 aliphatic rings. The van der Waals surface area contributed by atoms with Crippen molar-refractivity contribution < 1.29 is 9.53 Å². The number of carbonyl (C=O) groups is 1. The molecule has 1 amide bonds. The predicted molar refractivity (Wildman–Crippen MR) is 70.8 cm³/mol. The Hall–Kier alpha value is -1.58. The Balaban J connectivity index is 2.31. The maximum atomic E-state index is 12.2. The molecule has 0 saturated heterocycles. The Morgan fingerprint density at radius 3 is 2.72 bits per heavy atom. The van der Waals surface area contributed by atoms with E-state index in [4.69, 9.17) is 4.74 Å². The second-order valence-corrected chi connectivity index (χ2v) is 6.32. The first-order valence-electron chi connectivity index (χ1n) is 6.17. The third-order valence-electron chi connectivity index (χ3n) is 2.89. The molecule has 0 spiro atoms. The van der Waals surface area contributed by atoms with Crippen molar-refractivity contribution in [2.24, 2.45) is 0 Å². The maximum absolute atomic E-state index is 12.2. The summed E-state index contributed by atoms with van der Waals surface area (Å²) < 4.78 is 5.43. The SMILES string of the molecule is CC(C)(C)OC(=O)N1CC(C)(C)c2ncccc21. The number of carbonyl (C=O) groups excluding carboxylic acids is 1. The Bertz CT molecular complexity index is 475. The van der Waals surface area contributed by atoms with Gasteiger partial charge in [0.25, 0.3) is 0 Å². The fraction of sp³-hybridized carbons (Fsp3) is 0.571. The first-order chi connectivity index (χ1) is 8.21. The zero-order valence-corrected chi connectivity index (χ0v) is 11.7. The van der Waals surface area contributed by atoms with E-state index in [1.54, 1.807) is 11.1 Å². The number of pyridine rings is 1. The van der Waals surface area contributed by atoms with Gasteiger partial charge in [0.1, 0.15) is 5.60 Å². The van der Waals surface area contributed by atoms with E-state index < -0.39 is 5.60 Å². The van der Waals surface area contributed by atoms with E-state index >= 15 is 0 Å². The van der Waals surface area contributed by atoms with E-state index in [1.165, 1.54) is 0 Å². The molecule has 0 fully saturated rings. The molecule has 0 aliphatic carbocycles. The highest BCUT2D eigenvalue weighted by Crippen LogP contribution is 2.39. The summed E-state index contributed by atoms with van der Waals surface area (Å²) in [5.74, 6) is 0. The summed E-state index contributed by atoms with van der Waals surface area (Å²) in [5, 5.41) is 0. The molecule has 18 heavy (non-hydrogen) atoms. The number of ether oxygens (including phenoxy) is 1. The van der Waals surface area contributed by atoms with Crippen LogP contribution < -0.4 is 4.90 Å². The number of hydrogen-bond donors (Lipinski definition) is 0. The molecule has 0 atom stereocenters. The van der Waals surface area contributed by atoms with Crippen LogP contribution in [-0.2, 0) is 10.2 Å². The topological polar surface area (TPSA) is 42.4 Å². The third-order valence-corrected chi connectivity index (χ3v) is 2.89. The third kappa shape index (κ3) is 2.33. The molecular weight excluding hydrogens is 228 g/mol. The van der Waals surface area contributed by atoms with Crippen molar-refractivity contribution in [1.29, 1.82) is 0 Å². The van der Waals surface area contributed by atoms with Crippen molar-refractivity contribution >= 4 is 11.8 Å². The molecule has 4 nitrogen and oxygen atoms in total. The lowest BCUT2D eigenvalue weighted by molar-refractivity contribution is 0.0579. The number of anilines is 1. The summed E-state index contributed by atoms with van der Waals surface area (Å²) in [4.78, 5) is 18.3. The van der Waals surface area contributed by atoms with Gasteiger partial charge in [-0.2, -0.15) is 0 Å². The fourth-order valence-electron chi connectivity index (χ4n) is 2.17. The number of fused-ring (bicyclic) bond motifs is 1. The molecule has 0 N–H and O–H groups in total. The van der Waals surface area contributed by atoms with Gasteiger partial charge >= 0.3 is 6.09 Å². The van der Waals surface area contributed by atoms with Crippen LogP contribution in [0.5, 0.6) is 0 Å². The average molecular weight is 248 g/mol. The van der Waals surface area contributed by atoms with Gasteiger partial charge in [-0.1, -0.05) is 13.8 Å². The van der Waals surface area contributed by atoms with Crippen LogP contribution in [0.25, 0.3) is 0 Å². The van der Waals surface area contributed by atoms with Gasteiger partial charge in [-0.05, 0) is 32.9 Å². The number of nitrogens with zero attached hydrogens (tertiary/aromatic N) is 2. The molecule has 2 heterocycles. The Morgan fingerprint density at radius 1 is 1.44 bits per heavy atom. The van der Waals surface area contributed by atoms with Gasteiger partial charge in [0.15, 0.2) is 0 Å². The van der Waals surface area contributed by atoms with Crippen LogP contribution in [0.1, 0.15) is 40.3 Å². The maximum Gasteiger partial charge on any atom is 0.414 e. The van der Waals surface area contributed by atoms with E-state index in [-0.39, 0.29) is 11.5 Å². The molecule has 0 radical (unpaired) electrons. The van der Waals surface area contributed by atoms with Crippen molar-refractivity contribution in [2.75, 3.05) is 11.4 Å². The first kappa shape index (κ1) is 12.9. The smallest absolute Gasteiger partial charge is 0.414 e. The molecule has 4 heteroatoms. The predicted octanol–water partition coefficient (Wildman–Crippen LogP) is 3.11. The van der Waals surface area contributed by atoms with Crippen molar-refractivity contribution in [1.82, 2.24) is 4.98 Å². The van der Waals surface area contributed by atoms with Gasteiger partial charge in [0.2, 0.25) is 0 Å². The molecule has 0 aromatic carbocycles. The molecule has 0 unspecified atom stereocenters. The van der Waals surface area contributed by atoms with Crippen LogP contribution in [-0.4, -0.2) is 23.2 Å². The van der Waals surface area contributed by atoms with Crippen LogP contribution in [0.3, 0.4) is 0 Å². The lowest BCUT2D eigenvalue weighted by Gasteiger charge is -2.25. The number of hydrogen-bond acceptors (Lipinski definition) is 3. The summed E-state index contributed by atoms with van der Waals surface area (Å²) in [6.45, 7) is 10.4. The van der Waals surface area contributed by atoms with Gasteiger partial charge in [-0.15, -0.1) is 0 Å². The van der Waals surface area contributed by atoms with E-state index in [1.807, 2.05) is 32.9 Å². The molecule has 0 bridgehead atoms. The van der Waals surface area contributed by atoms with Crippen molar-refractivity contribution in [3.63, 3.8) is 0 Å². The molecule has 2 rings (SSSR count). The lowest BCUT2D eigenvalue weighted by atomic mass is 9.91. The minimum Gasteiger partial charge on any atom is -0.443 e. The number of amides is 1. The van der Waals surface area contributed by atoms with E-state index in [0.29, 0.717) is 6.54 Å². The summed E-state index contributed by atoms with van der Waals surface area (Å²) in [6, 6.07) is 3.76. The standard InChI is InChI=1S/C14H20N2O2/c1-13(2,3)18-12(17)16-9-14(4,5)11-10(16)7-6-8-15-11/h6-8H,9H2,1-5H3. The number of aromatic nitrogens is 1. The highest BCUT2D eigenvalue weighted by Gasteiger charge is 2.40. The second kappa shape index (κ2) is 3.97. The summed E-state index contributed by atoms with van der Waals surface area (Å²) >= 11 is 0. The highest BCUT2D eigenvalue weighted by molar-refractivity contribution is 5.91. The van der Waals surface area contributed by atoms with Gasteiger partial charge < -0.3 is 4.74 Å². The average Bonchev–Trinajstić information content (AvgIpc) is 2.50. The van der Waals surface area contributed by atoms with E-state index in [9.17, 15) is 4.79 Å². The summed E-state index contributed by atoms with van der Waals surface area (Å²) in [7, 11) is 0. The van der Waals surface area contributed by atoms with Crippen molar-refractivity contribution in [3.05, 3.63) is 24.0 Å². The fourth-order valence-corrected chi connectivity index (χ4v) is 2.17. The van der Waals surface area contributed by atoms with Gasteiger partial charge in [-0.25, -0.2) is 4.79 Å². The number of rotatable bonds is 0. The Kier molecular flexibility index (Phi) is 2.84. The van der Waals surface area contributed by atoms with Gasteiger partial charge in [0.05, 0.1) is 11.4 Å².